The fourth-order valence-electron chi connectivity index (χ4n) is 1.64. The quantitative estimate of drug-likeness (QED) is 0.623. The zero-order valence-corrected chi connectivity index (χ0v) is 7.66. The highest BCUT2D eigenvalue weighted by molar-refractivity contribution is 4.85. The van der Waals surface area contributed by atoms with Crippen LogP contribution < -0.4 is 0 Å². The Labute approximate surface area is 74.6 Å². The summed E-state index contributed by atoms with van der Waals surface area (Å²) in [5.74, 6) is 3.32. The summed E-state index contributed by atoms with van der Waals surface area (Å²) in [5, 5.41) is 9.06. The predicted octanol–water partition coefficient (Wildman–Crippen LogP) is 0.712. The van der Waals surface area contributed by atoms with Crippen LogP contribution >= 0.6 is 0 Å². The summed E-state index contributed by atoms with van der Waals surface area (Å²) < 4.78 is 0. The molecule has 68 valence electrons. The van der Waals surface area contributed by atoms with Gasteiger partial charge in [-0.2, -0.15) is 0 Å². The van der Waals surface area contributed by atoms with Gasteiger partial charge >= 0.3 is 0 Å². The highest BCUT2D eigenvalue weighted by Gasteiger charge is 2.27. The minimum absolute atomic E-state index is 0.0315. The highest BCUT2D eigenvalue weighted by atomic mass is 16.3. The SMILES string of the molecule is C#CCCN(C)CC1CC(O)C1. The molecule has 0 spiro atoms. The maximum Gasteiger partial charge on any atom is 0.0546 e. The van der Waals surface area contributed by atoms with Gasteiger partial charge in [-0.25, -0.2) is 0 Å². The lowest BCUT2D eigenvalue weighted by atomic mass is 9.82. The van der Waals surface area contributed by atoms with Gasteiger partial charge in [0.1, 0.15) is 0 Å². The van der Waals surface area contributed by atoms with Crippen LogP contribution in [0, 0.1) is 18.3 Å². The standard InChI is InChI=1S/C10H17NO/c1-3-4-5-11(2)8-9-6-10(12)7-9/h1,9-10,12H,4-8H2,2H3. The van der Waals surface area contributed by atoms with Crippen molar-refractivity contribution in [2.75, 3.05) is 20.1 Å². The first kappa shape index (κ1) is 9.57. The lowest BCUT2D eigenvalue weighted by Gasteiger charge is -2.34. The van der Waals surface area contributed by atoms with Crippen LogP contribution in [0.15, 0.2) is 0 Å². The van der Waals surface area contributed by atoms with E-state index < -0.39 is 0 Å². The van der Waals surface area contributed by atoms with Crippen molar-refractivity contribution in [3.05, 3.63) is 0 Å². The summed E-state index contributed by atoms with van der Waals surface area (Å²) in [6, 6.07) is 0. The number of hydrogen-bond donors (Lipinski definition) is 1. The second-order valence-corrected chi connectivity index (χ2v) is 3.71. The third-order valence-electron chi connectivity index (χ3n) is 2.42. The summed E-state index contributed by atoms with van der Waals surface area (Å²) in [7, 11) is 2.09. The van der Waals surface area contributed by atoms with Crippen molar-refractivity contribution in [1.82, 2.24) is 4.90 Å². The van der Waals surface area contributed by atoms with Gasteiger partial charge in [0.2, 0.25) is 0 Å². The van der Waals surface area contributed by atoms with Gasteiger partial charge in [0, 0.05) is 19.5 Å². The average Bonchev–Trinajstić information content (AvgIpc) is 1.98. The summed E-state index contributed by atoms with van der Waals surface area (Å²) in [6.45, 7) is 2.06. The zero-order valence-electron chi connectivity index (χ0n) is 7.66. The Bertz CT molecular complexity index is 167. The third kappa shape index (κ3) is 2.84. The maximum absolute atomic E-state index is 9.06. The molecular formula is C10H17NO. The first-order valence-corrected chi connectivity index (χ1v) is 4.52. The van der Waals surface area contributed by atoms with Gasteiger partial charge in [0.05, 0.1) is 6.10 Å². The fraction of sp³-hybridized carbons (Fsp3) is 0.800. The Kier molecular flexibility index (Phi) is 3.58. The molecule has 1 N–H and O–H groups in total. The van der Waals surface area contributed by atoms with Gasteiger partial charge < -0.3 is 10.0 Å². The van der Waals surface area contributed by atoms with Crippen LogP contribution in [0.2, 0.25) is 0 Å². The van der Waals surface area contributed by atoms with E-state index in [4.69, 9.17) is 11.5 Å². The Hall–Kier alpha value is -0.520. The molecule has 1 rings (SSSR count). The van der Waals surface area contributed by atoms with Crippen molar-refractivity contribution in [3.8, 4) is 12.3 Å². The predicted molar refractivity (Wildman–Crippen MR) is 49.7 cm³/mol. The normalized spacial score (nSPS) is 28.2. The second kappa shape index (κ2) is 4.49. The van der Waals surface area contributed by atoms with Crippen molar-refractivity contribution in [2.24, 2.45) is 5.92 Å². The molecule has 12 heavy (non-hydrogen) atoms. The number of terminal acetylenes is 1. The minimum atomic E-state index is -0.0315. The van der Waals surface area contributed by atoms with E-state index in [-0.39, 0.29) is 6.10 Å². The molecule has 0 heterocycles. The number of aliphatic hydroxyl groups excluding tert-OH is 1. The first-order valence-electron chi connectivity index (χ1n) is 4.52. The van der Waals surface area contributed by atoms with Gasteiger partial charge in [-0.3, -0.25) is 0 Å². The molecule has 1 fully saturated rings. The van der Waals surface area contributed by atoms with Crippen LogP contribution in [0.3, 0.4) is 0 Å². The van der Waals surface area contributed by atoms with Crippen LogP contribution in [-0.2, 0) is 0 Å². The molecule has 1 aliphatic rings. The van der Waals surface area contributed by atoms with E-state index in [9.17, 15) is 0 Å². The first-order chi connectivity index (χ1) is 5.72. The number of hydrogen-bond acceptors (Lipinski definition) is 2. The van der Waals surface area contributed by atoms with Crippen molar-refractivity contribution in [2.45, 2.75) is 25.4 Å². The van der Waals surface area contributed by atoms with Crippen LogP contribution in [-0.4, -0.2) is 36.2 Å². The molecule has 0 aromatic heterocycles. The van der Waals surface area contributed by atoms with E-state index >= 15 is 0 Å². The van der Waals surface area contributed by atoms with E-state index in [1.165, 1.54) is 0 Å². The number of rotatable bonds is 4. The van der Waals surface area contributed by atoms with E-state index in [1.54, 1.807) is 0 Å². The zero-order chi connectivity index (χ0) is 8.97. The van der Waals surface area contributed by atoms with Gasteiger partial charge in [-0.05, 0) is 25.8 Å². The molecule has 0 unspecified atom stereocenters. The second-order valence-electron chi connectivity index (χ2n) is 3.71. The lowest BCUT2D eigenvalue weighted by molar-refractivity contribution is 0.0287. The van der Waals surface area contributed by atoms with E-state index in [1.807, 2.05) is 0 Å². The van der Waals surface area contributed by atoms with E-state index in [0.29, 0.717) is 5.92 Å². The molecule has 0 radical (unpaired) electrons. The molecule has 0 atom stereocenters. The molecule has 0 saturated heterocycles. The van der Waals surface area contributed by atoms with E-state index in [2.05, 4.69) is 17.9 Å². The summed E-state index contributed by atoms with van der Waals surface area (Å²) >= 11 is 0. The summed E-state index contributed by atoms with van der Waals surface area (Å²) in [6.07, 6.45) is 7.90. The summed E-state index contributed by atoms with van der Waals surface area (Å²) in [4.78, 5) is 2.25. The monoisotopic (exact) mass is 167 g/mol. The van der Waals surface area contributed by atoms with Crippen molar-refractivity contribution in [3.63, 3.8) is 0 Å². The molecule has 0 aliphatic heterocycles. The van der Waals surface area contributed by atoms with E-state index in [0.717, 1.165) is 32.4 Å². The number of aliphatic hydroxyl groups is 1. The molecule has 1 saturated carbocycles. The molecule has 0 aromatic rings. The van der Waals surface area contributed by atoms with Gasteiger partial charge in [0.25, 0.3) is 0 Å². The Balaban J connectivity index is 2.03. The Morgan fingerprint density at radius 2 is 2.25 bits per heavy atom. The van der Waals surface area contributed by atoms with Gasteiger partial charge in [-0.15, -0.1) is 12.3 Å². The molecule has 0 aromatic carbocycles. The van der Waals surface area contributed by atoms with Crippen molar-refractivity contribution in [1.29, 1.82) is 0 Å². The fourth-order valence-corrected chi connectivity index (χ4v) is 1.64. The largest absolute Gasteiger partial charge is 0.393 e. The molecule has 0 bridgehead atoms. The van der Waals surface area contributed by atoms with Gasteiger partial charge in [0.15, 0.2) is 0 Å². The lowest BCUT2D eigenvalue weighted by Crippen LogP contribution is -2.37. The smallest absolute Gasteiger partial charge is 0.0546 e. The van der Waals surface area contributed by atoms with Crippen molar-refractivity contribution < 1.29 is 5.11 Å². The molecule has 2 nitrogen and oxygen atoms in total. The maximum atomic E-state index is 9.06. The minimum Gasteiger partial charge on any atom is -0.393 e. The Morgan fingerprint density at radius 3 is 2.75 bits per heavy atom. The molecule has 2 heteroatoms. The number of nitrogens with zero attached hydrogens (tertiary/aromatic N) is 1. The van der Waals surface area contributed by atoms with Crippen LogP contribution in [0.5, 0.6) is 0 Å². The molecule has 0 amide bonds. The van der Waals surface area contributed by atoms with Crippen molar-refractivity contribution >= 4 is 0 Å². The third-order valence-corrected chi connectivity index (χ3v) is 2.42. The average molecular weight is 167 g/mol. The Morgan fingerprint density at radius 1 is 1.58 bits per heavy atom. The molecular weight excluding hydrogens is 150 g/mol. The summed E-state index contributed by atoms with van der Waals surface area (Å²) in [5.41, 5.74) is 0. The van der Waals surface area contributed by atoms with Gasteiger partial charge in [-0.1, -0.05) is 0 Å². The molecule has 1 aliphatic carbocycles. The van der Waals surface area contributed by atoms with Crippen LogP contribution in [0.25, 0.3) is 0 Å². The van der Waals surface area contributed by atoms with Crippen LogP contribution in [0.4, 0.5) is 0 Å². The van der Waals surface area contributed by atoms with Crippen LogP contribution in [0.1, 0.15) is 19.3 Å². The highest BCUT2D eigenvalue weighted by Crippen LogP contribution is 2.27. The topological polar surface area (TPSA) is 23.5 Å².